The van der Waals surface area contributed by atoms with Crippen LogP contribution >= 0.6 is 35.3 Å². The number of carbonyl (C=O) groups excluding carboxylic acids is 3. The molecular formula is C34H66O6S3Sn. The first kappa shape index (κ1) is 51.1. The normalized spacial score (nSPS) is 10.5. The Kier molecular flexibility index (Phi) is 50.2. The number of thioether (sulfide) groups is 3. The molecule has 0 amide bonds. The average Bonchev–Trinajstić information content (AvgIpc) is 2.92. The molecule has 0 aliphatic heterocycles. The van der Waals surface area contributed by atoms with E-state index < -0.39 is 17.9 Å². The van der Waals surface area contributed by atoms with Gasteiger partial charge in [0.1, 0.15) is 0 Å². The standard InChI is InChI=1S/3C10H20O2S.C4H9.Sn/c3*1-9(2)6-4-3-5-7-13-8-10(11)12;1-3-4-2;/h3*9H,3-8H2,1-2H3,(H,11,12);1,3-4H2,2H3;/q;;;;+3/p-3. The third-order valence-electron chi connectivity index (χ3n) is 5.90. The summed E-state index contributed by atoms with van der Waals surface area (Å²) in [5.41, 5.74) is 0. The molecule has 0 spiro atoms. The van der Waals surface area contributed by atoms with Crippen LogP contribution in [0.3, 0.4) is 0 Å². The first-order chi connectivity index (χ1) is 20.8. The van der Waals surface area contributed by atoms with E-state index in [0.29, 0.717) is 0 Å². The molecule has 0 N–H and O–H groups in total. The van der Waals surface area contributed by atoms with Crippen molar-refractivity contribution in [2.45, 2.75) is 143 Å². The van der Waals surface area contributed by atoms with Crippen LogP contribution in [0, 0.1) is 17.8 Å². The Bertz CT molecular complexity index is 529. The summed E-state index contributed by atoms with van der Waals surface area (Å²) in [6.45, 7) is 15.6. The Hall–Kier alpha value is 0.259. The Balaban J connectivity index is -0.000000253. The third kappa shape index (κ3) is 69.1. The number of rotatable bonds is 26. The molecule has 0 radical (unpaired) electrons. The van der Waals surface area contributed by atoms with Crippen molar-refractivity contribution < 1.29 is 29.7 Å². The summed E-state index contributed by atoms with van der Waals surface area (Å²) in [5, 5.41) is 30.1. The van der Waals surface area contributed by atoms with Crippen molar-refractivity contribution in [1.82, 2.24) is 0 Å². The molecule has 0 aliphatic carbocycles. The fraction of sp³-hybridized carbons (Fsp3) is 0.912. The van der Waals surface area contributed by atoms with E-state index in [1.165, 1.54) is 110 Å². The molecule has 6 nitrogen and oxygen atoms in total. The molecule has 0 rings (SSSR count). The quantitative estimate of drug-likeness (QED) is 0.0722. The topological polar surface area (TPSA) is 120 Å². The molecule has 0 heterocycles. The molecule has 0 aromatic rings. The second kappa shape index (κ2) is 43.3. The van der Waals surface area contributed by atoms with Gasteiger partial charge in [0.2, 0.25) is 0 Å². The molecular weight excluding hydrogens is 719 g/mol. The molecule has 0 bridgehead atoms. The minimum absolute atomic E-state index is 0.143. The molecule has 0 aliphatic rings. The van der Waals surface area contributed by atoms with Crippen LogP contribution in [0.1, 0.15) is 138 Å². The van der Waals surface area contributed by atoms with Crippen molar-refractivity contribution in [3.63, 3.8) is 0 Å². The second-order valence-electron chi connectivity index (χ2n) is 12.1. The van der Waals surface area contributed by atoms with Gasteiger partial charge in [-0.1, -0.05) is 99.3 Å². The van der Waals surface area contributed by atoms with Crippen LogP contribution in [0.2, 0.25) is 4.44 Å². The maximum absolute atomic E-state index is 10.0. The fourth-order valence-corrected chi connectivity index (χ4v) is 6.61. The van der Waals surface area contributed by atoms with Crippen molar-refractivity contribution in [3.8, 4) is 0 Å². The molecule has 0 saturated carbocycles. The van der Waals surface area contributed by atoms with Gasteiger partial charge in [0.25, 0.3) is 0 Å². The molecule has 0 atom stereocenters. The molecule has 260 valence electrons. The zero-order valence-electron chi connectivity index (χ0n) is 29.3. The molecule has 0 aromatic carbocycles. The molecule has 0 aromatic heterocycles. The van der Waals surface area contributed by atoms with Crippen LogP contribution in [-0.2, 0) is 14.4 Å². The number of carbonyl (C=O) groups is 3. The van der Waals surface area contributed by atoms with Crippen LogP contribution in [0.4, 0.5) is 0 Å². The SMILES string of the molecule is CC(C)CCCCCSCC(=O)[O-].CC(C)CCCCCSCC(=O)[O-].CC(C)CCCCCSCC(=O)[O-].CCC[CH2][Sn+3]. The maximum atomic E-state index is 10.0. The van der Waals surface area contributed by atoms with Gasteiger partial charge in [-0.25, -0.2) is 0 Å². The van der Waals surface area contributed by atoms with Gasteiger partial charge in [-0.05, 0) is 54.3 Å². The predicted molar refractivity (Wildman–Crippen MR) is 192 cm³/mol. The van der Waals surface area contributed by atoms with Crippen molar-refractivity contribution in [3.05, 3.63) is 0 Å². The van der Waals surface area contributed by atoms with Gasteiger partial charge in [-0.15, -0.1) is 0 Å². The zero-order chi connectivity index (χ0) is 34.4. The van der Waals surface area contributed by atoms with Crippen LogP contribution < -0.4 is 15.3 Å². The number of carboxylic acids is 3. The molecule has 0 saturated heterocycles. The third-order valence-corrected chi connectivity index (χ3v) is 9.96. The van der Waals surface area contributed by atoms with Crippen molar-refractivity contribution in [2.24, 2.45) is 17.8 Å². The van der Waals surface area contributed by atoms with Gasteiger partial charge in [-0.2, -0.15) is 35.3 Å². The first-order valence-corrected chi connectivity index (χ1v) is 22.2. The van der Waals surface area contributed by atoms with E-state index in [9.17, 15) is 29.7 Å². The van der Waals surface area contributed by atoms with E-state index in [1.54, 1.807) is 22.5 Å². The summed E-state index contributed by atoms with van der Waals surface area (Å²) in [5.74, 6) is 2.79. The minimum atomic E-state index is -0.952. The number of aliphatic carboxylic acids is 3. The number of unbranched alkanes of at least 4 members (excludes halogenated alkanes) is 7. The predicted octanol–water partition coefficient (Wildman–Crippen LogP) is 6.43. The summed E-state index contributed by atoms with van der Waals surface area (Å²) >= 11 is 6.06. The van der Waals surface area contributed by atoms with E-state index in [1.807, 2.05) is 0 Å². The Morgan fingerprint density at radius 3 is 0.932 bits per heavy atom. The Morgan fingerprint density at radius 2 is 0.773 bits per heavy atom. The first-order valence-electron chi connectivity index (χ1n) is 16.8. The van der Waals surface area contributed by atoms with E-state index in [4.69, 9.17) is 0 Å². The van der Waals surface area contributed by atoms with Gasteiger partial charge in [0.15, 0.2) is 0 Å². The van der Waals surface area contributed by atoms with Gasteiger partial charge >= 0.3 is 46.7 Å². The zero-order valence-corrected chi connectivity index (χ0v) is 34.6. The van der Waals surface area contributed by atoms with Gasteiger partial charge in [0, 0.05) is 17.3 Å². The van der Waals surface area contributed by atoms with Crippen molar-refractivity contribution in [1.29, 1.82) is 0 Å². The van der Waals surface area contributed by atoms with Gasteiger partial charge < -0.3 is 29.7 Å². The number of hydrogen-bond donors (Lipinski definition) is 0. The summed E-state index contributed by atoms with van der Waals surface area (Å²) in [6, 6.07) is 0. The second-order valence-corrected chi connectivity index (χ2v) is 16.8. The number of carboxylic acid groups (broad SMARTS) is 3. The van der Waals surface area contributed by atoms with Crippen LogP contribution in [0.15, 0.2) is 0 Å². The van der Waals surface area contributed by atoms with Crippen molar-refractivity contribution in [2.75, 3.05) is 34.5 Å². The summed E-state index contributed by atoms with van der Waals surface area (Å²) in [7, 11) is 0. The summed E-state index contributed by atoms with van der Waals surface area (Å²) < 4.78 is 1.43. The van der Waals surface area contributed by atoms with Gasteiger partial charge in [-0.3, -0.25) is 0 Å². The summed E-state index contributed by atoms with van der Waals surface area (Å²) in [4.78, 5) is 30.1. The number of hydrogen-bond acceptors (Lipinski definition) is 9. The van der Waals surface area contributed by atoms with E-state index >= 15 is 0 Å². The monoisotopic (exact) mass is 786 g/mol. The molecule has 10 heteroatoms. The Morgan fingerprint density at radius 1 is 0.500 bits per heavy atom. The van der Waals surface area contributed by atoms with Crippen LogP contribution in [-0.4, -0.2) is 74.9 Å². The van der Waals surface area contributed by atoms with E-state index in [2.05, 4.69) is 48.5 Å². The average molecular weight is 786 g/mol. The Labute approximate surface area is 298 Å². The van der Waals surface area contributed by atoms with Crippen LogP contribution in [0.5, 0.6) is 0 Å². The van der Waals surface area contributed by atoms with Gasteiger partial charge in [0.05, 0.1) is 17.9 Å². The van der Waals surface area contributed by atoms with E-state index in [-0.39, 0.29) is 17.3 Å². The molecule has 0 fully saturated rings. The molecule has 44 heavy (non-hydrogen) atoms. The van der Waals surface area contributed by atoms with E-state index in [0.717, 1.165) is 54.3 Å². The summed E-state index contributed by atoms with van der Waals surface area (Å²) in [6.07, 6.45) is 17.5. The van der Waals surface area contributed by atoms with Crippen molar-refractivity contribution >= 4 is 75.7 Å². The molecule has 0 unspecified atom stereocenters. The van der Waals surface area contributed by atoms with Crippen LogP contribution in [0.25, 0.3) is 0 Å². The fourth-order valence-electron chi connectivity index (χ4n) is 3.44.